The molecular weight excluding hydrogens is 318 g/mol. The van der Waals surface area contributed by atoms with Crippen LogP contribution in [0.2, 0.25) is 0 Å². The molecule has 0 bridgehead atoms. The molecule has 0 aliphatic carbocycles. The Morgan fingerprint density at radius 2 is 2.20 bits per heavy atom. The zero-order valence-electron chi connectivity index (χ0n) is 11.3. The van der Waals surface area contributed by atoms with E-state index in [-0.39, 0.29) is 12.2 Å². The van der Waals surface area contributed by atoms with Crippen LogP contribution in [-0.2, 0) is 0 Å². The van der Waals surface area contributed by atoms with E-state index in [2.05, 4.69) is 54.9 Å². The van der Waals surface area contributed by atoms with E-state index in [0.717, 1.165) is 21.9 Å². The third-order valence-corrected chi connectivity index (χ3v) is 3.72. The van der Waals surface area contributed by atoms with Crippen LogP contribution in [0.4, 0.5) is 0 Å². The van der Waals surface area contributed by atoms with E-state index in [1.165, 1.54) is 0 Å². The third-order valence-electron chi connectivity index (χ3n) is 3.22. The molecule has 3 aliphatic heterocycles. The van der Waals surface area contributed by atoms with Crippen molar-refractivity contribution >= 4 is 27.5 Å². The van der Waals surface area contributed by atoms with Crippen molar-refractivity contribution < 1.29 is 0 Å². The normalized spacial score (nSPS) is 28.6. The van der Waals surface area contributed by atoms with Crippen LogP contribution in [0.1, 0.15) is 13.8 Å². The number of rotatable bonds is 2. The van der Waals surface area contributed by atoms with Gasteiger partial charge in [0.2, 0.25) is 0 Å². The maximum Gasteiger partial charge on any atom is 0.166 e. The van der Waals surface area contributed by atoms with Crippen LogP contribution in [0.3, 0.4) is 0 Å². The van der Waals surface area contributed by atoms with E-state index < -0.39 is 0 Å². The first-order valence-corrected chi connectivity index (χ1v) is 7.27. The lowest BCUT2D eigenvalue weighted by molar-refractivity contribution is 0.385. The van der Waals surface area contributed by atoms with Gasteiger partial charge in [-0.2, -0.15) is 0 Å². The Bertz CT molecular complexity index is 597. The predicted molar refractivity (Wildman–Crippen MR) is 85.3 cm³/mol. The van der Waals surface area contributed by atoms with E-state index in [1.54, 1.807) is 0 Å². The Hall–Kier alpha value is -1.66. The van der Waals surface area contributed by atoms with Gasteiger partial charge in [0.15, 0.2) is 5.84 Å². The van der Waals surface area contributed by atoms with E-state index in [1.807, 2.05) is 37.2 Å². The van der Waals surface area contributed by atoms with Crippen molar-refractivity contribution in [3.63, 3.8) is 0 Å². The number of dihydropyridines is 1. The molecule has 3 aliphatic rings. The quantitative estimate of drug-likeness (QED) is 0.601. The molecule has 3 rings (SSSR count). The van der Waals surface area contributed by atoms with Crippen LogP contribution in [0.25, 0.3) is 0 Å². The number of nitrogens with zero attached hydrogens (tertiary/aromatic N) is 3. The van der Waals surface area contributed by atoms with Gasteiger partial charge in [0.05, 0.1) is 22.1 Å². The Morgan fingerprint density at radius 3 is 2.95 bits per heavy atom. The largest absolute Gasteiger partial charge is 0.370 e. The highest BCUT2D eigenvalue weighted by molar-refractivity contribution is 9.11. The van der Waals surface area contributed by atoms with Gasteiger partial charge >= 0.3 is 0 Å². The average Bonchev–Trinajstić information content (AvgIpc) is 2.86. The molecule has 0 saturated carbocycles. The summed E-state index contributed by atoms with van der Waals surface area (Å²) in [6.45, 7) is 3.98. The number of hydrogen-bond donors (Lipinski definition) is 2. The molecule has 0 aromatic heterocycles. The summed E-state index contributed by atoms with van der Waals surface area (Å²) >= 11 is 3.44. The zero-order valence-corrected chi connectivity index (χ0v) is 12.9. The molecule has 2 N–H and O–H groups in total. The van der Waals surface area contributed by atoms with Crippen LogP contribution in [0.15, 0.2) is 56.9 Å². The lowest BCUT2D eigenvalue weighted by Crippen LogP contribution is -2.42. The number of allylic oxidation sites excluding steroid dienone is 3. The monoisotopic (exact) mass is 333 g/mol. The van der Waals surface area contributed by atoms with Gasteiger partial charge in [0.1, 0.15) is 6.17 Å². The molecule has 20 heavy (non-hydrogen) atoms. The highest BCUT2D eigenvalue weighted by Gasteiger charge is 2.27. The molecule has 0 radical (unpaired) electrons. The van der Waals surface area contributed by atoms with Gasteiger partial charge in [-0.05, 0) is 41.9 Å². The lowest BCUT2D eigenvalue weighted by atomic mass is 10.2. The Balaban J connectivity index is 1.69. The van der Waals surface area contributed by atoms with E-state index >= 15 is 0 Å². The number of hydrogen-bond acceptors (Lipinski definition) is 5. The van der Waals surface area contributed by atoms with Crippen LogP contribution in [0, 0.1) is 0 Å². The van der Waals surface area contributed by atoms with Crippen LogP contribution < -0.4 is 10.7 Å². The van der Waals surface area contributed by atoms with Gasteiger partial charge in [0.25, 0.3) is 0 Å². The molecule has 3 heterocycles. The summed E-state index contributed by atoms with van der Waals surface area (Å²) in [5, 5.41) is 5.28. The third kappa shape index (κ3) is 2.62. The molecule has 2 atom stereocenters. The van der Waals surface area contributed by atoms with Gasteiger partial charge in [-0.1, -0.05) is 18.2 Å². The van der Waals surface area contributed by atoms with Crippen LogP contribution >= 0.6 is 15.9 Å². The summed E-state index contributed by atoms with van der Waals surface area (Å²) in [7, 11) is 0. The summed E-state index contributed by atoms with van der Waals surface area (Å²) < 4.78 is 0.986. The van der Waals surface area contributed by atoms with E-state index in [0.29, 0.717) is 0 Å². The van der Waals surface area contributed by atoms with Crippen molar-refractivity contribution in [3.05, 3.63) is 46.9 Å². The number of halogens is 1. The van der Waals surface area contributed by atoms with Gasteiger partial charge in [-0.3, -0.25) is 10.0 Å². The first-order valence-electron chi connectivity index (χ1n) is 6.48. The minimum atomic E-state index is -0.0588. The highest BCUT2D eigenvalue weighted by Crippen LogP contribution is 2.17. The fourth-order valence-electron chi connectivity index (χ4n) is 2.18. The van der Waals surface area contributed by atoms with Gasteiger partial charge in [-0.15, -0.1) is 0 Å². The van der Waals surface area contributed by atoms with Gasteiger partial charge < -0.3 is 5.32 Å². The molecule has 2 unspecified atom stereocenters. The second-order valence-electron chi connectivity index (χ2n) is 4.80. The highest BCUT2D eigenvalue weighted by atomic mass is 79.9. The second-order valence-corrected chi connectivity index (χ2v) is 5.66. The maximum atomic E-state index is 4.64. The Labute approximate surface area is 126 Å². The van der Waals surface area contributed by atoms with E-state index in [9.17, 15) is 0 Å². The Kier molecular flexibility index (Phi) is 3.58. The van der Waals surface area contributed by atoms with Crippen LogP contribution in [-0.4, -0.2) is 28.8 Å². The molecule has 0 spiro atoms. The van der Waals surface area contributed by atoms with Crippen LogP contribution in [0.5, 0.6) is 0 Å². The zero-order chi connectivity index (χ0) is 14.1. The first kappa shape index (κ1) is 13.3. The van der Waals surface area contributed by atoms with Crippen molar-refractivity contribution in [1.82, 2.24) is 15.8 Å². The standard InChI is InChI=1S/C14H16BrN5/c1-9-8-16-10(2)14-18-13(19-20(9)14)7-6-11-4-3-5-12(15)17-11/h3-8,11,13,17,19H,1-2H3/b7-6+. The molecule has 0 aromatic carbocycles. The predicted octanol–water partition coefficient (Wildman–Crippen LogP) is 2.19. The SMILES string of the molecule is CC1=CN=C(C)C2=NC(/C=C/C3C=CC=C(Br)N3)NN12. The molecule has 5 nitrogen and oxygen atoms in total. The number of nitrogens with one attached hydrogen (secondary N) is 2. The van der Waals surface area contributed by atoms with Crippen molar-refractivity contribution in [2.45, 2.75) is 26.1 Å². The summed E-state index contributed by atoms with van der Waals surface area (Å²) in [6.07, 6.45) is 12.0. The second kappa shape index (κ2) is 5.38. The molecule has 0 fully saturated rings. The van der Waals surface area contributed by atoms with Gasteiger partial charge in [0, 0.05) is 6.20 Å². The molecular formula is C14H16BrN5. The van der Waals surface area contributed by atoms with Crippen molar-refractivity contribution in [3.8, 4) is 0 Å². The maximum absolute atomic E-state index is 4.64. The first-order chi connectivity index (χ1) is 9.63. The summed E-state index contributed by atoms with van der Waals surface area (Å²) in [5.41, 5.74) is 5.32. The van der Waals surface area contributed by atoms with Crippen molar-refractivity contribution in [2.24, 2.45) is 9.98 Å². The lowest BCUT2D eigenvalue weighted by Gasteiger charge is -2.23. The average molecular weight is 334 g/mol. The smallest absolute Gasteiger partial charge is 0.166 e. The Morgan fingerprint density at radius 1 is 1.35 bits per heavy atom. The number of aliphatic imine (C=N–C) groups is 2. The fourth-order valence-corrected chi connectivity index (χ4v) is 2.60. The molecule has 0 aromatic rings. The topological polar surface area (TPSA) is 52.0 Å². The minimum absolute atomic E-state index is 0.0588. The summed E-state index contributed by atoms with van der Waals surface area (Å²) in [4.78, 5) is 8.97. The van der Waals surface area contributed by atoms with Crippen molar-refractivity contribution in [1.29, 1.82) is 0 Å². The number of amidine groups is 1. The molecule has 6 heteroatoms. The number of hydrazine groups is 1. The van der Waals surface area contributed by atoms with Crippen molar-refractivity contribution in [2.75, 3.05) is 0 Å². The minimum Gasteiger partial charge on any atom is -0.370 e. The molecule has 0 amide bonds. The van der Waals surface area contributed by atoms with Gasteiger partial charge in [-0.25, -0.2) is 10.4 Å². The molecule has 104 valence electrons. The van der Waals surface area contributed by atoms with E-state index in [4.69, 9.17) is 0 Å². The number of fused-ring (bicyclic) bond motifs is 1. The summed E-state index contributed by atoms with van der Waals surface area (Å²) in [6, 6.07) is 0.181. The fraction of sp³-hybridized carbons (Fsp3) is 0.286. The summed E-state index contributed by atoms with van der Waals surface area (Å²) in [5.74, 6) is 0.896. The molecule has 0 saturated heterocycles.